The highest BCUT2D eigenvalue weighted by Crippen LogP contribution is 2.28. The molecule has 0 fully saturated rings. The zero-order valence-electron chi connectivity index (χ0n) is 14.9. The van der Waals surface area contributed by atoms with Crippen molar-refractivity contribution in [1.29, 1.82) is 0 Å². The van der Waals surface area contributed by atoms with Crippen molar-refractivity contribution in [3.05, 3.63) is 40.1 Å². The van der Waals surface area contributed by atoms with E-state index >= 15 is 0 Å². The third kappa shape index (κ3) is 5.64. The second-order valence-corrected chi connectivity index (χ2v) is 7.75. The molecule has 0 saturated carbocycles. The number of carbonyl (C=O) groups is 2. The molecule has 1 unspecified atom stereocenters. The van der Waals surface area contributed by atoms with Crippen LogP contribution in [0, 0.1) is 11.7 Å². The van der Waals surface area contributed by atoms with E-state index in [9.17, 15) is 24.2 Å². The molecule has 2 aromatic rings. The number of hydrogen-bond donors (Lipinski definition) is 2. The van der Waals surface area contributed by atoms with Crippen molar-refractivity contribution in [3.63, 3.8) is 0 Å². The van der Waals surface area contributed by atoms with Gasteiger partial charge in [-0.05, 0) is 30.5 Å². The van der Waals surface area contributed by atoms with E-state index in [4.69, 9.17) is 11.6 Å². The topological polar surface area (TPSA) is 90.7 Å². The number of hydrogen-bond acceptors (Lipinski definition) is 4. The van der Waals surface area contributed by atoms with Crippen molar-refractivity contribution in [2.75, 3.05) is 6.54 Å². The Kier molecular flexibility index (Phi) is 7.15. The summed E-state index contributed by atoms with van der Waals surface area (Å²) in [5.74, 6) is -1.63. The Morgan fingerprint density at radius 2 is 2.04 bits per heavy atom. The van der Waals surface area contributed by atoms with E-state index in [2.05, 4.69) is 4.98 Å². The van der Waals surface area contributed by atoms with Crippen molar-refractivity contribution in [2.24, 2.45) is 5.92 Å². The summed E-state index contributed by atoms with van der Waals surface area (Å²) in [6, 6.07) is 3.20. The highest BCUT2D eigenvalue weighted by atomic mass is 35.5. The summed E-state index contributed by atoms with van der Waals surface area (Å²) in [4.78, 5) is 28.4. The van der Waals surface area contributed by atoms with Crippen molar-refractivity contribution in [2.45, 2.75) is 32.7 Å². The van der Waals surface area contributed by atoms with Gasteiger partial charge in [-0.1, -0.05) is 25.4 Å². The van der Waals surface area contributed by atoms with Crippen LogP contribution in [0.15, 0.2) is 23.6 Å². The lowest BCUT2D eigenvalue weighted by atomic mass is 10.0. The lowest BCUT2D eigenvalue weighted by Crippen LogP contribution is -2.46. The van der Waals surface area contributed by atoms with Crippen LogP contribution in [0.5, 0.6) is 0 Å². The summed E-state index contributed by atoms with van der Waals surface area (Å²) in [7, 11) is 0. The lowest BCUT2D eigenvalue weighted by molar-refractivity contribution is -0.143. The second kappa shape index (κ2) is 9.14. The van der Waals surface area contributed by atoms with Crippen LogP contribution in [0.4, 0.5) is 9.18 Å². The van der Waals surface area contributed by atoms with Crippen molar-refractivity contribution < 1.29 is 24.2 Å². The number of aromatic nitrogens is 1. The van der Waals surface area contributed by atoms with E-state index in [0.29, 0.717) is 16.3 Å². The van der Waals surface area contributed by atoms with E-state index in [1.54, 1.807) is 11.4 Å². The molecule has 146 valence electrons. The van der Waals surface area contributed by atoms with Crippen molar-refractivity contribution >= 4 is 35.0 Å². The normalized spacial score (nSPS) is 12.2. The first-order chi connectivity index (χ1) is 12.7. The molecule has 0 aliphatic heterocycles. The summed E-state index contributed by atoms with van der Waals surface area (Å²) in [6.07, 6.45) is -0.763. The fraction of sp³-hybridized carbons (Fsp3) is 0.389. The third-order valence-corrected chi connectivity index (χ3v) is 5.16. The molecule has 9 heteroatoms. The molecule has 27 heavy (non-hydrogen) atoms. The van der Waals surface area contributed by atoms with Crippen LogP contribution in [-0.4, -0.2) is 44.7 Å². The zero-order valence-corrected chi connectivity index (χ0v) is 16.4. The Balaban J connectivity index is 2.11. The molecule has 1 atom stereocenters. The van der Waals surface area contributed by atoms with Gasteiger partial charge in [-0.2, -0.15) is 0 Å². The Hall–Kier alpha value is -2.19. The summed E-state index contributed by atoms with van der Waals surface area (Å²) >= 11 is 7.12. The van der Waals surface area contributed by atoms with Gasteiger partial charge in [0, 0.05) is 23.9 Å². The first kappa shape index (κ1) is 21.1. The standard InChI is InChI=1S/C18H20ClFN2O4S/c1-10(2)7-15(17(23)24)22(18(25)26)6-5-12-9-27-16(21-12)11-3-4-14(20)13(19)8-11/h3-4,8-10,15H,5-7H2,1-2H3,(H,23,24)(H,25,26). The summed E-state index contributed by atoms with van der Waals surface area (Å²) in [5.41, 5.74) is 1.30. The van der Waals surface area contributed by atoms with Gasteiger partial charge in [-0.3, -0.25) is 4.90 Å². The average Bonchev–Trinajstić information content (AvgIpc) is 3.04. The van der Waals surface area contributed by atoms with Gasteiger partial charge >= 0.3 is 12.1 Å². The molecule has 0 radical (unpaired) electrons. The van der Waals surface area contributed by atoms with Crippen LogP contribution in [0.25, 0.3) is 10.6 Å². The molecule has 2 rings (SSSR count). The van der Waals surface area contributed by atoms with Gasteiger partial charge < -0.3 is 10.2 Å². The Morgan fingerprint density at radius 3 is 2.59 bits per heavy atom. The number of benzene rings is 1. The Morgan fingerprint density at radius 1 is 1.33 bits per heavy atom. The molecule has 1 amide bonds. The molecular weight excluding hydrogens is 395 g/mol. The van der Waals surface area contributed by atoms with Crippen LogP contribution >= 0.6 is 22.9 Å². The predicted molar refractivity (Wildman–Crippen MR) is 102 cm³/mol. The summed E-state index contributed by atoms with van der Waals surface area (Å²) < 4.78 is 13.3. The fourth-order valence-electron chi connectivity index (χ4n) is 2.61. The first-order valence-electron chi connectivity index (χ1n) is 8.31. The molecule has 0 aliphatic rings. The zero-order chi connectivity index (χ0) is 20.1. The third-order valence-electron chi connectivity index (χ3n) is 3.93. The van der Waals surface area contributed by atoms with Gasteiger partial charge in [0.1, 0.15) is 16.9 Å². The number of rotatable bonds is 8. The van der Waals surface area contributed by atoms with Crippen molar-refractivity contribution in [3.8, 4) is 10.6 Å². The average molecular weight is 415 g/mol. The lowest BCUT2D eigenvalue weighted by Gasteiger charge is -2.27. The van der Waals surface area contributed by atoms with E-state index in [1.165, 1.54) is 23.5 Å². The second-order valence-electron chi connectivity index (χ2n) is 6.48. The largest absolute Gasteiger partial charge is 0.480 e. The number of nitrogens with zero attached hydrogens (tertiary/aromatic N) is 2. The maximum atomic E-state index is 13.3. The van der Waals surface area contributed by atoms with Crippen LogP contribution in [0.1, 0.15) is 26.0 Å². The minimum absolute atomic E-state index is 0.000659. The fourth-order valence-corrected chi connectivity index (χ4v) is 3.64. The molecule has 0 aliphatic carbocycles. The molecule has 1 aromatic carbocycles. The number of amides is 1. The molecule has 2 N–H and O–H groups in total. The van der Waals surface area contributed by atoms with Gasteiger partial charge in [0.2, 0.25) is 0 Å². The summed E-state index contributed by atoms with van der Waals surface area (Å²) in [5, 5.41) is 21.2. The molecule has 0 saturated heterocycles. The molecule has 0 bridgehead atoms. The minimum atomic E-state index is -1.27. The first-order valence-corrected chi connectivity index (χ1v) is 9.57. The van der Waals surface area contributed by atoms with E-state index in [-0.39, 0.29) is 30.3 Å². The highest BCUT2D eigenvalue weighted by molar-refractivity contribution is 7.13. The van der Waals surface area contributed by atoms with E-state index in [1.807, 2.05) is 13.8 Å². The number of halogens is 2. The summed E-state index contributed by atoms with van der Waals surface area (Å²) in [6.45, 7) is 3.71. The van der Waals surface area contributed by atoms with Gasteiger partial charge in [0.25, 0.3) is 0 Å². The van der Waals surface area contributed by atoms with Gasteiger partial charge in [-0.15, -0.1) is 11.3 Å². The smallest absolute Gasteiger partial charge is 0.408 e. The van der Waals surface area contributed by atoms with Crippen molar-refractivity contribution in [1.82, 2.24) is 9.88 Å². The minimum Gasteiger partial charge on any atom is -0.480 e. The number of aliphatic carboxylic acids is 1. The monoisotopic (exact) mass is 414 g/mol. The highest BCUT2D eigenvalue weighted by Gasteiger charge is 2.30. The van der Waals surface area contributed by atoms with Crippen LogP contribution < -0.4 is 0 Å². The van der Waals surface area contributed by atoms with Gasteiger partial charge in [0.15, 0.2) is 0 Å². The molecule has 1 aromatic heterocycles. The maximum absolute atomic E-state index is 13.3. The number of thiazole rings is 1. The number of carboxylic acid groups (broad SMARTS) is 2. The molecule has 1 heterocycles. The number of carboxylic acids is 1. The predicted octanol–water partition coefficient (Wildman–Crippen LogP) is 4.62. The maximum Gasteiger partial charge on any atom is 0.408 e. The SMILES string of the molecule is CC(C)CC(C(=O)O)N(CCc1csc(-c2ccc(F)c(Cl)c2)n1)C(=O)O. The Labute approximate surface area is 165 Å². The van der Waals surface area contributed by atoms with Crippen LogP contribution in [0.3, 0.4) is 0 Å². The van der Waals surface area contributed by atoms with Gasteiger partial charge in [-0.25, -0.2) is 19.0 Å². The Bertz CT molecular complexity index is 827. The molecular formula is C18H20ClFN2O4S. The van der Waals surface area contributed by atoms with Crippen LogP contribution in [0.2, 0.25) is 5.02 Å². The van der Waals surface area contributed by atoms with E-state index < -0.39 is 23.9 Å². The van der Waals surface area contributed by atoms with Gasteiger partial charge in [0.05, 0.1) is 10.7 Å². The van der Waals surface area contributed by atoms with Crippen LogP contribution in [-0.2, 0) is 11.2 Å². The quantitative estimate of drug-likeness (QED) is 0.657. The molecule has 0 spiro atoms. The molecule has 6 nitrogen and oxygen atoms in total. The van der Waals surface area contributed by atoms with E-state index in [0.717, 1.165) is 4.90 Å².